The normalized spacial score (nSPS) is 10.3. The number of carbonyl (C=O) groups excluding carboxylic acids is 2. The van der Waals surface area contributed by atoms with E-state index in [4.69, 9.17) is 9.15 Å². The molecule has 5 nitrogen and oxygen atoms in total. The van der Waals surface area contributed by atoms with Crippen molar-refractivity contribution in [1.82, 2.24) is 0 Å². The van der Waals surface area contributed by atoms with E-state index in [-0.39, 0.29) is 18.3 Å². The molecule has 104 valence electrons. The van der Waals surface area contributed by atoms with Crippen LogP contribution in [0.3, 0.4) is 0 Å². The zero-order valence-corrected chi connectivity index (χ0v) is 11.3. The molecule has 20 heavy (non-hydrogen) atoms. The lowest BCUT2D eigenvalue weighted by atomic mass is 10.1. The van der Waals surface area contributed by atoms with Gasteiger partial charge in [0.15, 0.2) is 12.0 Å². The van der Waals surface area contributed by atoms with Crippen LogP contribution in [0, 0.1) is 6.92 Å². The Morgan fingerprint density at radius 2 is 2.15 bits per heavy atom. The molecule has 0 saturated heterocycles. The van der Waals surface area contributed by atoms with Gasteiger partial charge in [-0.3, -0.25) is 9.59 Å². The van der Waals surface area contributed by atoms with Crippen LogP contribution in [0.4, 0.5) is 5.69 Å². The second kappa shape index (κ2) is 6.16. The number of ether oxygens (including phenoxy) is 1. The van der Waals surface area contributed by atoms with Crippen LogP contribution in [0.2, 0.25) is 0 Å². The van der Waals surface area contributed by atoms with Crippen molar-refractivity contribution in [2.45, 2.75) is 6.92 Å². The summed E-state index contributed by atoms with van der Waals surface area (Å²) in [5, 5.41) is 2.73. The number of aldehydes is 1. The summed E-state index contributed by atoms with van der Waals surface area (Å²) < 4.78 is 10.2. The summed E-state index contributed by atoms with van der Waals surface area (Å²) in [4.78, 5) is 22.1. The highest BCUT2D eigenvalue weighted by Gasteiger charge is 2.09. The Labute approximate surface area is 116 Å². The van der Waals surface area contributed by atoms with E-state index in [1.54, 1.807) is 24.3 Å². The van der Waals surface area contributed by atoms with Gasteiger partial charge in [-0.25, -0.2) is 0 Å². The lowest BCUT2D eigenvalue weighted by molar-refractivity contribution is -0.119. The van der Waals surface area contributed by atoms with E-state index >= 15 is 0 Å². The number of nitrogens with one attached hydrogen (secondary N) is 1. The fourth-order valence-electron chi connectivity index (χ4n) is 1.85. The molecule has 0 unspecified atom stereocenters. The molecule has 0 aliphatic carbocycles. The standard InChI is InChI=1S/C15H15NO4/c1-10-3-4-11(16-15(18)9-19-2)7-13(10)14-6-5-12(8-17)20-14/h3-8H,9H2,1-2H3,(H,16,18). The summed E-state index contributed by atoms with van der Waals surface area (Å²) in [7, 11) is 1.46. The summed E-state index contributed by atoms with van der Waals surface area (Å²) in [5.41, 5.74) is 2.46. The third kappa shape index (κ3) is 3.13. The van der Waals surface area contributed by atoms with Crippen LogP contribution in [-0.2, 0) is 9.53 Å². The van der Waals surface area contributed by atoms with Gasteiger partial charge >= 0.3 is 0 Å². The quantitative estimate of drug-likeness (QED) is 0.850. The molecule has 2 rings (SSSR count). The highest BCUT2D eigenvalue weighted by atomic mass is 16.5. The number of methoxy groups -OCH3 is 1. The van der Waals surface area contributed by atoms with E-state index < -0.39 is 0 Å². The van der Waals surface area contributed by atoms with Crippen LogP contribution in [-0.4, -0.2) is 25.9 Å². The van der Waals surface area contributed by atoms with Crippen LogP contribution in [0.15, 0.2) is 34.7 Å². The van der Waals surface area contributed by atoms with Crippen molar-refractivity contribution in [1.29, 1.82) is 0 Å². The monoisotopic (exact) mass is 273 g/mol. The van der Waals surface area contributed by atoms with E-state index in [9.17, 15) is 9.59 Å². The number of carbonyl (C=O) groups is 2. The average Bonchev–Trinajstić information content (AvgIpc) is 2.90. The van der Waals surface area contributed by atoms with Gasteiger partial charge in [0.2, 0.25) is 5.91 Å². The van der Waals surface area contributed by atoms with Crippen LogP contribution < -0.4 is 5.32 Å². The molecule has 1 aromatic carbocycles. The number of hydrogen-bond donors (Lipinski definition) is 1. The van der Waals surface area contributed by atoms with Crippen molar-refractivity contribution in [3.63, 3.8) is 0 Å². The summed E-state index contributed by atoms with van der Waals surface area (Å²) in [6, 6.07) is 8.82. The molecule has 2 aromatic rings. The Balaban J connectivity index is 2.28. The number of hydrogen-bond acceptors (Lipinski definition) is 4. The number of rotatable bonds is 5. The van der Waals surface area contributed by atoms with Gasteiger partial charge in [-0.05, 0) is 36.8 Å². The highest BCUT2D eigenvalue weighted by molar-refractivity contribution is 5.92. The molecule has 5 heteroatoms. The van der Waals surface area contributed by atoms with Gasteiger partial charge in [0.05, 0.1) is 0 Å². The maximum atomic E-state index is 11.5. The zero-order valence-electron chi connectivity index (χ0n) is 11.3. The predicted octanol–water partition coefficient (Wildman–Crippen LogP) is 2.65. The van der Waals surface area contributed by atoms with Crippen molar-refractivity contribution in [3.8, 4) is 11.3 Å². The third-order valence-electron chi connectivity index (χ3n) is 2.81. The number of furan rings is 1. The Hall–Kier alpha value is -2.40. The summed E-state index contributed by atoms with van der Waals surface area (Å²) in [6.07, 6.45) is 0.656. The largest absolute Gasteiger partial charge is 0.453 e. The molecule has 0 spiro atoms. The first-order chi connectivity index (χ1) is 9.63. The van der Waals surface area contributed by atoms with E-state index in [1.165, 1.54) is 7.11 Å². The van der Waals surface area contributed by atoms with Crippen molar-refractivity contribution in [3.05, 3.63) is 41.7 Å². The van der Waals surface area contributed by atoms with Crippen LogP contribution in [0.5, 0.6) is 0 Å². The molecule has 0 radical (unpaired) electrons. The van der Waals surface area contributed by atoms with Gasteiger partial charge < -0.3 is 14.5 Å². The Morgan fingerprint density at radius 1 is 1.35 bits per heavy atom. The molecule has 0 atom stereocenters. The van der Waals surface area contributed by atoms with Gasteiger partial charge in [0.25, 0.3) is 0 Å². The van der Waals surface area contributed by atoms with Crippen molar-refractivity contribution in [2.75, 3.05) is 19.0 Å². The number of aryl methyl sites for hydroxylation is 1. The molecule has 1 heterocycles. The maximum absolute atomic E-state index is 11.5. The second-order valence-corrected chi connectivity index (χ2v) is 4.33. The fraction of sp³-hybridized carbons (Fsp3) is 0.200. The lowest BCUT2D eigenvalue weighted by Gasteiger charge is -2.08. The minimum atomic E-state index is -0.227. The predicted molar refractivity (Wildman–Crippen MR) is 74.8 cm³/mol. The molecule has 1 aromatic heterocycles. The van der Waals surface area contributed by atoms with Gasteiger partial charge in [0, 0.05) is 18.4 Å². The first-order valence-corrected chi connectivity index (χ1v) is 6.09. The van der Waals surface area contributed by atoms with Crippen LogP contribution in [0.25, 0.3) is 11.3 Å². The second-order valence-electron chi connectivity index (χ2n) is 4.33. The van der Waals surface area contributed by atoms with Crippen molar-refractivity contribution < 1.29 is 18.7 Å². The van der Waals surface area contributed by atoms with E-state index in [0.29, 0.717) is 17.7 Å². The molecule has 0 saturated carbocycles. The summed E-state index contributed by atoms with van der Waals surface area (Å²) in [5.74, 6) is 0.635. The topological polar surface area (TPSA) is 68.5 Å². The third-order valence-corrected chi connectivity index (χ3v) is 2.81. The van der Waals surface area contributed by atoms with E-state index in [1.807, 2.05) is 13.0 Å². The van der Waals surface area contributed by atoms with E-state index in [2.05, 4.69) is 5.32 Å². The molecule has 0 aliphatic rings. The van der Waals surface area contributed by atoms with E-state index in [0.717, 1.165) is 11.1 Å². The molecular formula is C15H15NO4. The molecular weight excluding hydrogens is 258 g/mol. The van der Waals surface area contributed by atoms with Crippen LogP contribution >= 0.6 is 0 Å². The van der Waals surface area contributed by atoms with Crippen LogP contribution in [0.1, 0.15) is 16.1 Å². The van der Waals surface area contributed by atoms with Gasteiger partial charge in [-0.15, -0.1) is 0 Å². The molecule has 1 amide bonds. The van der Waals surface area contributed by atoms with Gasteiger partial charge in [-0.2, -0.15) is 0 Å². The minimum Gasteiger partial charge on any atom is -0.453 e. The Kier molecular flexibility index (Phi) is 4.32. The molecule has 0 aliphatic heterocycles. The Bertz CT molecular complexity index is 631. The summed E-state index contributed by atoms with van der Waals surface area (Å²) >= 11 is 0. The fourth-order valence-corrected chi connectivity index (χ4v) is 1.85. The zero-order chi connectivity index (χ0) is 14.5. The molecule has 0 fully saturated rings. The van der Waals surface area contributed by atoms with Gasteiger partial charge in [-0.1, -0.05) is 6.07 Å². The molecule has 0 bridgehead atoms. The Morgan fingerprint density at radius 3 is 2.80 bits per heavy atom. The average molecular weight is 273 g/mol. The highest BCUT2D eigenvalue weighted by Crippen LogP contribution is 2.28. The van der Waals surface area contributed by atoms with Crippen molar-refractivity contribution >= 4 is 17.9 Å². The van der Waals surface area contributed by atoms with Gasteiger partial charge in [0.1, 0.15) is 12.4 Å². The number of amides is 1. The lowest BCUT2D eigenvalue weighted by Crippen LogP contribution is -2.17. The minimum absolute atomic E-state index is 0.000742. The first kappa shape index (κ1) is 14.0. The molecule has 1 N–H and O–H groups in total. The first-order valence-electron chi connectivity index (χ1n) is 6.09. The maximum Gasteiger partial charge on any atom is 0.250 e. The van der Waals surface area contributed by atoms with Crippen molar-refractivity contribution in [2.24, 2.45) is 0 Å². The summed E-state index contributed by atoms with van der Waals surface area (Å²) in [6.45, 7) is 1.93. The smallest absolute Gasteiger partial charge is 0.250 e. The SMILES string of the molecule is COCC(=O)Nc1ccc(C)c(-c2ccc(C=O)o2)c1. The number of benzene rings is 1. The number of anilines is 1.